The van der Waals surface area contributed by atoms with Gasteiger partial charge in [-0.15, -0.1) is 0 Å². The normalized spacial score (nSPS) is 11.3. The molecule has 3 aromatic carbocycles. The lowest BCUT2D eigenvalue weighted by Crippen LogP contribution is -2.53. The molecule has 3 amide bonds. The van der Waals surface area contributed by atoms with Crippen LogP contribution in [-0.4, -0.2) is 35.9 Å². The van der Waals surface area contributed by atoms with Crippen LogP contribution in [0.15, 0.2) is 91.3 Å². The molecule has 4 aromatic rings. The Morgan fingerprint density at radius 3 is 2.31 bits per heavy atom. The molecule has 35 heavy (non-hydrogen) atoms. The van der Waals surface area contributed by atoms with Crippen LogP contribution in [0, 0.1) is 0 Å². The van der Waals surface area contributed by atoms with Crippen molar-refractivity contribution in [1.82, 2.24) is 21.2 Å². The van der Waals surface area contributed by atoms with Crippen LogP contribution in [0.2, 0.25) is 0 Å². The van der Waals surface area contributed by atoms with Crippen molar-refractivity contribution >= 4 is 28.5 Å². The fraction of sp³-hybridized carbons (Fsp3) is 0.111. The van der Waals surface area contributed by atoms with Crippen LogP contribution in [0.25, 0.3) is 10.8 Å². The van der Waals surface area contributed by atoms with E-state index in [4.69, 9.17) is 4.74 Å². The number of hydrazine groups is 1. The van der Waals surface area contributed by atoms with Gasteiger partial charge in [-0.3, -0.25) is 30.2 Å². The summed E-state index contributed by atoms with van der Waals surface area (Å²) in [5.74, 6) is -0.801. The van der Waals surface area contributed by atoms with Gasteiger partial charge in [0.15, 0.2) is 0 Å². The standard InChI is InChI=1S/C27H24N4O4/c1-35-23-12-8-18(9-13-23)15-24(27(34)31-30-26(33)22-7-4-14-28-17-22)29-25(32)21-11-10-19-5-2-3-6-20(19)16-21/h2-14,16-17,24H,15H2,1H3,(H,29,32)(H,30,33)(H,31,34). The number of carbonyl (C=O) groups is 3. The first-order chi connectivity index (χ1) is 17.0. The highest BCUT2D eigenvalue weighted by molar-refractivity contribution is 6.01. The van der Waals surface area contributed by atoms with Crippen molar-refractivity contribution in [3.05, 3.63) is 108 Å². The molecule has 0 aliphatic heterocycles. The molecule has 0 fully saturated rings. The SMILES string of the molecule is COc1ccc(CC(NC(=O)c2ccc3ccccc3c2)C(=O)NNC(=O)c2cccnc2)cc1. The van der Waals surface area contributed by atoms with Crippen molar-refractivity contribution < 1.29 is 19.1 Å². The Morgan fingerprint density at radius 2 is 1.60 bits per heavy atom. The number of carbonyl (C=O) groups excluding carboxylic acids is 3. The van der Waals surface area contributed by atoms with Crippen molar-refractivity contribution in [2.24, 2.45) is 0 Å². The maximum Gasteiger partial charge on any atom is 0.271 e. The number of hydrogen-bond acceptors (Lipinski definition) is 5. The highest BCUT2D eigenvalue weighted by Gasteiger charge is 2.23. The van der Waals surface area contributed by atoms with Crippen molar-refractivity contribution in [3.63, 3.8) is 0 Å². The predicted molar refractivity (Wildman–Crippen MR) is 132 cm³/mol. The lowest BCUT2D eigenvalue weighted by molar-refractivity contribution is -0.123. The number of benzene rings is 3. The van der Waals surface area contributed by atoms with E-state index in [2.05, 4.69) is 21.2 Å². The van der Waals surface area contributed by atoms with Gasteiger partial charge >= 0.3 is 0 Å². The number of amides is 3. The van der Waals surface area contributed by atoms with Gasteiger partial charge in [0.05, 0.1) is 12.7 Å². The number of hydrogen-bond donors (Lipinski definition) is 3. The summed E-state index contributed by atoms with van der Waals surface area (Å²) in [5.41, 5.74) is 6.30. The first kappa shape index (κ1) is 23.4. The van der Waals surface area contributed by atoms with Gasteiger partial charge in [-0.1, -0.05) is 42.5 Å². The van der Waals surface area contributed by atoms with Gasteiger partial charge in [0, 0.05) is 24.4 Å². The maximum atomic E-state index is 13.0. The number of fused-ring (bicyclic) bond motifs is 1. The number of nitrogens with one attached hydrogen (secondary N) is 3. The van der Waals surface area contributed by atoms with E-state index >= 15 is 0 Å². The number of aromatic nitrogens is 1. The highest BCUT2D eigenvalue weighted by atomic mass is 16.5. The number of nitrogens with zero attached hydrogens (tertiary/aromatic N) is 1. The summed E-state index contributed by atoms with van der Waals surface area (Å²) in [6, 6.07) is 22.5. The van der Waals surface area contributed by atoms with E-state index in [9.17, 15) is 14.4 Å². The van der Waals surface area contributed by atoms with E-state index in [1.807, 2.05) is 42.5 Å². The van der Waals surface area contributed by atoms with Crippen LogP contribution < -0.4 is 20.9 Å². The predicted octanol–water partition coefficient (Wildman–Crippen LogP) is 3.05. The molecule has 1 atom stereocenters. The monoisotopic (exact) mass is 468 g/mol. The molecule has 0 saturated heterocycles. The van der Waals surface area contributed by atoms with Crippen molar-refractivity contribution in [2.45, 2.75) is 12.5 Å². The average molecular weight is 469 g/mol. The van der Waals surface area contributed by atoms with Gasteiger partial charge in [0.2, 0.25) is 0 Å². The molecule has 3 N–H and O–H groups in total. The second-order valence-electron chi connectivity index (χ2n) is 7.83. The van der Waals surface area contributed by atoms with Gasteiger partial charge < -0.3 is 10.1 Å². The summed E-state index contributed by atoms with van der Waals surface area (Å²) in [6.45, 7) is 0. The zero-order chi connectivity index (χ0) is 24.6. The first-order valence-corrected chi connectivity index (χ1v) is 11.0. The molecular weight excluding hydrogens is 444 g/mol. The molecule has 0 spiro atoms. The smallest absolute Gasteiger partial charge is 0.271 e. The topological polar surface area (TPSA) is 109 Å². The summed E-state index contributed by atoms with van der Waals surface area (Å²) in [6.07, 6.45) is 3.14. The zero-order valence-electron chi connectivity index (χ0n) is 19.0. The number of ether oxygens (including phenoxy) is 1. The van der Waals surface area contributed by atoms with Gasteiger partial charge in [0.1, 0.15) is 11.8 Å². The molecule has 4 rings (SSSR count). The number of pyridine rings is 1. The molecule has 0 aliphatic carbocycles. The second kappa shape index (κ2) is 10.9. The maximum absolute atomic E-state index is 13.0. The lowest BCUT2D eigenvalue weighted by atomic mass is 10.0. The Kier molecular flexibility index (Phi) is 7.32. The molecule has 0 aliphatic rings. The van der Waals surface area contributed by atoms with Crippen molar-refractivity contribution in [2.75, 3.05) is 7.11 Å². The summed E-state index contributed by atoms with van der Waals surface area (Å²) in [5, 5.41) is 4.72. The highest BCUT2D eigenvalue weighted by Crippen LogP contribution is 2.17. The molecule has 0 radical (unpaired) electrons. The van der Waals surface area contributed by atoms with Crippen LogP contribution in [0.4, 0.5) is 0 Å². The molecule has 0 bridgehead atoms. The first-order valence-electron chi connectivity index (χ1n) is 11.0. The number of methoxy groups -OCH3 is 1. The van der Waals surface area contributed by atoms with Crippen molar-refractivity contribution in [1.29, 1.82) is 0 Å². The summed E-state index contributed by atoms with van der Waals surface area (Å²) in [4.78, 5) is 42.2. The Bertz CT molecular complexity index is 1340. The largest absolute Gasteiger partial charge is 0.497 e. The fourth-order valence-electron chi connectivity index (χ4n) is 3.55. The van der Waals surface area contributed by atoms with E-state index in [-0.39, 0.29) is 6.42 Å². The summed E-state index contributed by atoms with van der Waals surface area (Å²) < 4.78 is 5.18. The molecule has 1 unspecified atom stereocenters. The molecule has 0 saturated carbocycles. The molecule has 8 heteroatoms. The van der Waals surface area contributed by atoms with Crippen LogP contribution in [0.5, 0.6) is 5.75 Å². The quantitative estimate of drug-likeness (QED) is 0.361. The Morgan fingerprint density at radius 1 is 0.829 bits per heavy atom. The zero-order valence-corrected chi connectivity index (χ0v) is 19.0. The van der Waals surface area contributed by atoms with Crippen LogP contribution in [-0.2, 0) is 11.2 Å². The van der Waals surface area contributed by atoms with Crippen LogP contribution in [0.1, 0.15) is 26.3 Å². The van der Waals surface area contributed by atoms with Gasteiger partial charge in [-0.2, -0.15) is 0 Å². The Balaban J connectivity index is 1.50. The van der Waals surface area contributed by atoms with E-state index in [1.165, 1.54) is 6.20 Å². The third-order valence-electron chi connectivity index (χ3n) is 5.46. The third-order valence-corrected chi connectivity index (χ3v) is 5.46. The fourth-order valence-corrected chi connectivity index (χ4v) is 3.55. The van der Waals surface area contributed by atoms with Gasteiger partial charge in [-0.05, 0) is 52.7 Å². The summed E-state index contributed by atoms with van der Waals surface area (Å²) in [7, 11) is 1.57. The molecular formula is C27H24N4O4. The second-order valence-corrected chi connectivity index (χ2v) is 7.83. The molecule has 176 valence electrons. The average Bonchev–Trinajstić information content (AvgIpc) is 2.91. The van der Waals surface area contributed by atoms with Gasteiger partial charge in [0.25, 0.3) is 17.7 Å². The van der Waals surface area contributed by atoms with Crippen LogP contribution >= 0.6 is 0 Å². The Hall–Kier alpha value is -4.72. The van der Waals surface area contributed by atoms with E-state index in [0.717, 1.165) is 16.3 Å². The van der Waals surface area contributed by atoms with Crippen molar-refractivity contribution in [3.8, 4) is 5.75 Å². The molecule has 1 aromatic heterocycles. The molecule has 8 nitrogen and oxygen atoms in total. The minimum atomic E-state index is -0.948. The van der Waals surface area contributed by atoms with Crippen LogP contribution in [0.3, 0.4) is 0 Å². The Labute approximate surface area is 202 Å². The number of rotatable bonds is 7. The van der Waals surface area contributed by atoms with E-state index < -0.39 is 23.8 Å². The minimum absolute atomic E-state index is 0.206. The third kappa shape index (κ3) is 6.00. The van der Waals surface area contributed by atoms with Gasteiger partial charge in [-0.25, -0.2) is 0 Å². The lowest BCUT2D eigenvalue weighted by Gasteiger charge is -2.19. The van der Waals surface area contributed by atoms with E-state index in [1.54, 1.807) is 49.7 Å². The summed E-state index contributed by atoms with van der Waals surface area (Å²) >= 11 is 0. The minimum Gasteiger partial charge on any atom is -0.497 e. The van der Waals surface area contributed by atoms with E-state index in [0.29, 0.717) is 16.9 Å². The molecule has 1 heterocycles.